The van der Waals surface area contributed by atoms with Gasteiger partial charge in [0.15, 0.2) is 0 Å². The summed E-state index contributed by atoms with van der Waals surface area (Å²) in [6, 6.07) is 5.29. The van der Waals surface area contributed by atoms with E-state index in [2.05, 4.69) is 16.3 Å². The molecule has 2 saturated heterocycles. The fourth-order valence-corrected chi connectivity index (χ4v) is 2.95. The standard InChI is InChI=1S/C14H19FN2O/c1-16-7-10-4-11(15)6-12(5-10)17-8-13-2-3-14(9-17)18-13/h4-6,13-14,16H,2-3,7-9H2,1H3. The zero-order valence-electron chi connectivity index (χ0n) is 10.7. The van der Waals surface area contributed by atoms with Crippen molar-refractivity contribution >= 4 is 5.69 Å². The van der Waals surface area contributed by atoms with Gasteiger partial charge in [0, 0.05) is 25.3 Å². The Kier molecular flexibility index (Phi) is 3.22. The molecule has 98 valence electrons. The minimum Gasteiger partial charge on any atom is -0.371 e. The molecular formula is C14H19FN2O. The Morgan fingerprint density at radius 1 is 1.28 bits per heavy atom. The largest absolute Gasteiger partial charge is 0.371 e. The summed E-state index contributed by atoms with van der Waals surface area (Å²) >= 11 is 0. The molecule has 2 unspecified atom stereocenters. The van der Waals surface area contributed by atoms with Gasteiger partial charge in [-0.2, -0.15) is 0 Å². The molecule has 0 radical (unpaired) electrons. The van der Waals surface area contributed by atoms with E-state index < -0.39 is 0 Å². The SMILES string of the molecule is CNCc1cc(F)cc(N2CC3CCC(C2)O3)c1. The van der Waals surface area contributed by atoms with Gasteiger partial charge in [-0.25, -0.2) is 4.39 Å². The van der Waals surface area contributed by atoms with Crippen molar-refractivity contribution in [3.63, 3.8) is 0 Å². The van der Waals surface area contributed by atoms with Crippen LogP contribution in [-0.2, 0) is 11.3 Å². The maximum absolute atomic E-state index is 13.6. The first-order valence-corrected chi connectivity index (χ1v) is 6.59. The minimum atomic E-state index is -0.156. The molecule has 0 saturated carbocycles. The van der Waals surface area contributed by atoms with Crippen LogP contribution in [0.1, 0.15) is 18.4 Å². The number of nitrogens with one attached hydrogen (secondary N) is 1. The number of hydrogen-bond donors (Lipinski definition) is 1. The van der Waals surface area contributed by atoms with Gasteiger partial charge in [0.1, 0.15) is 5.82 Å². The Hall–Kier alpha value is -1.13. The molecule has 2 aliphatic rings. The van der Waals surface area contributed by atoms with Crippen molar-refractivity contribution in [2.45, 2.75) is 31.6 Å². The van der Waals surface area contributed by atoms with E-state index >= 15 is 0 Å². The Morgan fingerprint density at radius 2 is 2.00 bits per heavy atom. The van der Waals surface area contributed by atoms with E-state index in [0.717, 1.165) is 37.2 Å². The van der Waals surface area contributed by atoms with Gasteiger partial charge in [0.25, 0.3) is 0 Å². The first-order chi connectivity index (χ1) is 8.74. The first kappa shape index (κ1) is 11.9. The van der Waals surface area contributed by atoms with Crippen LogP contribution in [0.5, 0.6) is 0 Å². The predicted molar refractivity (Wildman–Crippen MR) is 69.3 cm³/mol. The van der Waals surface area contributed by atoms with E-state index in [1.165, 1.54) is 0 Å². The van der Waals surface area contributed by atoms with Crippen molar-refractivity contribution in [3.05, 3.63) is 29.6 Å². The monoisotopic (exact) mass is 250 g/mol. The first-order valence-electron chi connectivity index (χ1n) is 6.59. The zero-order chi connectivity index (χ0) is 12.5. The second-order valence-electron chi connectivity index (χ2n) is 5.21. The van der Waals surface area contributed by atoms with E-state index in [1.807, 2.05) is 7.05 Å². The number of hydrogen-bond acceptors (Lipinski definition) is 3. The Balaban J connectivity index is 1.82. The minimum absolute atomic E-state index is 0.156. The van der Waals surface area contributed by atoms with E-state index in [9.17, 15) is 4.39 Å². The van der Waals surface area contributed by atoms with Crippen molar-refractivity contribution in [1.29, 1.82) is 0 Å². The lowest BCUT2D eigenvalue weighted by atomic mass is 10.1. The molecule has 2 aliphatic heterocycles. The van der Waals surface area contributed by atoms with Crippen LogP contribution in [0.3, 0.4) is 0 Å². The molecule has 3 rings (SSSR count). The molecule has 2 atom stereocenters. The topological polar surface area (TPSA) is 24.5 Å². The van der Waals surface area contributed by atoms with Crippen LogP contribution >= 0.6 is 0 Å². The van der Waals surface area contributed by atoms with Gasteiger partial charge < -0.3 is 15.0 Å². The third-order valence-electron chi connectivity index (χ3n) is 3.73. The Bertz CT molecular complexity index is 426. The molecule has 3 nitrogen and oxygen atoms in total. The highest BCUT2D eigenvalue weighted by Crippen LogP contribution is 2.30. The molecule has 2 fully saturated rings. The second kappa shape index (κ2) is 4.86. The number of morpholine rings is 1. The molecule has 1 aromatic carbocycles. The van der Waals surface area contributed by atoms with Crippen LogP contribution in [0.2, 0.25) is 0 Å². The van der Waals surface area contributed by atoms with Crippen LogP contribution in [0, 0.1) is 5.82 Å². The predicted octanol–water partition coefficient (Wildman–Crippen LogP) is 1.91. The fraction of sp³-hybridized carbons (Fsp3) is 0.571. The summed E-state index contributed by atoms with van der Waals surface area (Å²) in [5.41, 5.74) is 1.98. The highest BCUT2D eigenvalue weighted by Gasteiger charge is 2.33. The number of halogens is 1. The Labute approximate surface area is 107 Å². The lowest BCUT2D eigenvalue weighted by Crippen LogP contribution is -2.42. The van der Waals surface area contributed by atoms with Crippen molar-refractivity contribution in [3.8, 4) is 0 Å². The van der Waals surface area contributed by atoms with E-state index in [4.69, 9.17) is 4.74 Å². The summed E-state index contributed by atoms with van der Waals surface area (Å²) in [5.74, 6) is -0.156. The summed E-state index contributed by atoms with van der Waals surface area (Å²) in [5, 5.41) is 3.06. The number of benzene rings is 1. The van der Waals surface area contributed by atoms with Gasteiger partial charge in [-0.1, -0.05) is 0 Å². The number of anilines is 1. The van der Waals surface area contributed by atoms with Crippen LogP contribution in [0.25, 0.3) is 0 Å². The summed E-state index contributed by atoms with van der Waals surface area (Å²) in [4.78, 5) is 2.26. The molecule has 0 aromatic heterocycles. The molecule has 0 aliphatic carbocycles. The van der Waals surface area contributed by atoms with Gasteiger partial charge >= 0.3 is 0 Å². The molecule has 18 heavy (non-hydrogen) atoms. The number of rotatable bonds is 3. The summed E-state index contributed by atoms with van der Waals surface area (Å²) in [6.07, 6.45) is 2.94. The van der Waals surface area contributed by atoms with E-state index in [-0.39, 0.29) is 5.82 Å². The maximum atomic E-state index is 13.6. The lowest BCUT2D eigenvalue weighted by Gasteiger charge is -2.34. The summed E-state index contributed by atoms with van der Waals surface area (Å²) < 4.78 is 19.4. The fourth-order valence-electron chi connectivity index (χ4n) is 2.95. The second-order valence-corrected chi connectivity index (χ2v) is 5.21. The van der Waals surface area contributed by atoms with Crippen LogP contribution in [0.15, 0.2) is 18.2 Å². The van der Waals surface area contributed by atoms with Crippen molar-refractivity contribution in [2.75, 3.05) is 25.0 Å². The third-order valence-corrected chi connectivity index (χ3v) is 3.73. The smallest absolute Gasteiger partial charge is 0.125 e. The average Bonchev–Trinajstić information content (AvgIpc) is 2.68. The summed E-state index contributed by atoms with van der Waals surface area (Å²) in [6.45, 7) is 2.47. The van der Waals surface area contributed by atoms with Crippen molar-refractivity contribution in [1.82, 2.24) is 5.32 Å². The lowest BCUT2D eigenvalue weighted by molar-refractivity contribution is 0.0305. The molecule has 1 N–H and O–H groups in total. The number of nitrogens with zero attached hydrogens (tertiary/aromatic N) is 1. The molecular weight excluding hydrogens is 231 g/mol. The average molecular weight is 250 g/mol. The van der Waals surface area contributed by atoms with Crippen molar-refractivity contribution in [2.24, 2.45) is 0 Å². The Morgan fingerprint density at radius 3 is 2.67 bits per heavy atom. The van der Waals surface area contributed by atoms with Gasteiger partial charge in [-0.15, -0.1) is 0 Å². The number of ether oxygens (including phenoxy) is 1. The number of fused-ring (bicyclic) bond motifs is 2. The highest BCUT2D eigenvalue weighted by molar-refractivity contribution is 5.50. The molecule has 2 bridgehead atoms. The van der Waals surface area contributed by atoms with Gasteiger partial charge in [0.05, 0.1) is 12.2 Å². The molecule has 1 aromatic rings. The molecule has 0 amide bonds. The molecule has 4 heteroatoms. The molecule has 0 spiro atoms. The van der Waals surface area contributed by atoms with Crippen LogP contribution in [-0.4, -0.2) is 32.3 Å². The summed E-state index contributed by atoms with van der Waals surface area (Å²) in [7, 11) is 1.87. The quantitative estimate of drug-likeness (QED) is 0.887. The van der Waals surface area contributed by atoms with E-state index in [0.29, 0.717) is 18.8 Å². The zero-order valence-corrected chi connectivity index (χ0v) is 10.7. The van der Waals surface area contributed by atoms with Crippen LogP contribution in [0.4, 0.5) is 10.1 Å². The van der Waals surface area contributed by atoms with Gasteiger partial charge in [-0.05, 0) is 43.7 Å². The molecule has 2 heterocycles. The van der Waals surface area contributed by atoms with Crippen molar-refractivity contribution < 1.29 is 9.13 Å². The van der Waals surface area contributed by atoms with Crippen LogP contribution < -0.4 is 10.2 Å². The maximum Gasteiger partial charge on any atom is 0.125 e. The van der Waals surface area contributed by atoms with E-state index in [1.54, 1.807) is 12.1 Å². The van der Waals surface area contributed by atoms with Gasteiger partial charge in [0.2, 0.25) is 0 Å². The third kappa shape index (κ3) is 2.35. The highest BCUT2D eigenvalue weighted by atomic mass is 19.1. The normalized spacial score (nSPS) is 26.7. The van der Waals surface area contributed by atoms with Gasteiger partial charge in [-0.3, -0.25) is 0 Å².